The topological polar surface area (TPSA) is 79.8 Å². The van der Waals surface area contributed by atoms with E-state index < -0.39 is 16.1 Å². The average Bonchev–Trinajstić information content (AvgIpc) is 3.41. The number of benzene rings is 2. The number of aromatic nitrogens is 1. The van der Waals surface area contributed by atoms with Crippen LogP contribution in [0.1, 0.15) is 24.0 Å². The Hall–Kier alpha value is -2.49. The lowest BCUT2D eigenvalue weighted by atomic mass is 10.1. The fourth-order valence-corrected chi connectivity index (χ4v) is 6.12. The molecule has 2 heterocycles. The summed E-state index contributed by atoms with van der Waals surface area (Å²) in [5.41, 5.74) is 2.70. The average molecular weight is 460 g/mol. The Kier molecular flexibility index (Phi) is 6.00. The molecule has 0 radical (unpaired) electrons. The number of methoxy groups -OCH3 is 1. The van der Waals surface area contributed by atoms with Crippen molar-refractivity contribution >= 4 is 42.6 Å². The van der Waals surface area contributed by atoms with Crippen molar-refractivity contribution in [3.05, 3.63) is 53.6 Å². The highest BCUT2D eigenvalue weighted by molar-refractivity contribution is 7.88. The van der Waals surface area contributed by atoms with Gasteiger partial charge in [-0.3, -0.25) is 9.69 Å². The molecule has 1 unspecified atom stereocenters. The summed E-state index contributed by atoms with van der Waals surface area (Å²) in [6.07, 6.45) is 2.33. The van der Waals surface area contributed by atoms with E-state index in [1.807, 2.05) is 49.4 Å². The molecule has 1 aromatic heterocycles. The summed E-state index contributed by atoms with van der Waals surface area (Å²) >= 11 is 1.42. The van der Waals surface area contributed by atoms with Crippen LogP contribution in [0.5, 0.6) is 5.75 Å². The van der Waals surface area contributed by atoms with E-state index in [4.69, 9.17) is 9.72 Å². The number of thiazole rings is 1. The summed E-state index contributed by atoms with van der Waals surface area (Å²) in [5.74, 6) is 0.399. The number of carbonyl (C=O) groups is 1. The molecule has 1 atom stereocenters. The lowest BCUT2D eigenvalue weighted by molar-refractivity contribution is -0.121. The van der Waals surface area contributed by atoms with Gasteiger partial charge in [-0.25, -0.2) is 13.4 Å². The fourth-order valence-electron chi connectivity index (χ4n) is 3.95. The van der Waals surface area contributed by atoms with Crippen molar-refractivity contribution in [2.75, 3.05) is 24.8 Å². The smallest absolute Gasteiger partial charge is 0.247 e. The molecular weight excluding hydrogens is 434 g/mol. The van der Waals surface area contributed by atoms with Crippen molar-refractivity contribution in [3.63, 3.8) is 0 Å². The van der Waals surface area contributed by atoms with Gasteiger partial charge in [-0.15, -0.1) is 0 Å². The van der Waals surface area contributed by atoms with Crippen molar-refractivity contribution in [2.24, 2.45) is 0 Å². The molecule has 2 aromatic carbocycles. The fraction of sp³-hybridized carbons (Fsp3) is 0.364. The summed E-state index contributed by atoms with van der Waals surface area (Å²) < 4.78 is 32.3. The molecule has 3 aromatic rings. The quantitative estimate of drug-likeness (QED) is 0.563. The van der Waals surface area contributed by atoms with E-state index in [1.165, 1.54) is 15.6 Å². The molecule has 9 heteroatoms. The number of ether oxygens (including phenoxy) is 1. The van der Waals surface area contributed by atoms with Gasteiger partial charge in [0.05, 0.1) is 24.6 Å². The van der Waals surface area contributed by atoms with Crippen molar-refractivity contribution in [1.82, 2.24) is 9.29 Å². The van der Waals surface area contributed by atoms with Crippen LogP contribution >= 0.6 is 11.3 Å². The Bertz CT molecular complexity index is 1210. The van der Waals surface area contributed by atoms with Crippen LogP contribution in [-0.4, -0.2) is 49.6 Å². The van der Waals surface area contributed by atoms with E-state index in [2.05, 4.69) is 0 Å². The second kappa shape index (κ2) is 8.57. The molecule has 1 fully saturated rings. The standard InChI is InChI=1S/C22H25N3O4S2/c1-15-11-12-18(29-2)19-20(15)30-22(23-19)24(14-16-8-5-4-6-9-16)21(26)17-10-7-13-25(17)31(3,27)28/h4-6,8-9,11-12,17H,7,10,13-14H2,1-3H3. The van der Waals surface area contributed by atoms with Crippen LogP contribution in [0.25, 0.3) is 10.2 Å². The molecule has 1 aliphatic rings. The van der Waals surface area contributed by atoms with Crippen LogP contribution in [0.15, 0.2) is 42.5 Å². The van der Waals surface area contributed by atoms with E-state index in [-0.39, 0.29) is 5.91 Å². The van der Waals surface area contributed by atoms with Gasteiger partial charge in [0.2, 0.25) is 15.9 Å². The summed E-state index contributed by atoms with van der Waals surface area (Å²) in [6, 6.07) is 12.8. The molecule has 0 bridgehead atoms. The number of anilines is 1. The predicted molar refractivity (Wildman–Crippen MR) is 123 cm³/mol. The minimum atomic E-state index is -3.48. The van der Waals surface area contributed by atoms with Gasteiger partial charge in [-0.05, 0) is 37.0 Å². The highest BCUT2D eigenvalue weighted by Gasteiger charge is 2.39. The van der Waals surface area contributed by atoms with E-state index in [1.54, 1.807) is 12.0 Å². The Morgan fingerprint density at radius 3 is 2.68 bits per heavy atom. The third-order valence-corrected chi connectivity index (χ3v) is 8.01. The maximum absolute atomic E-state index is 13.7. The van der Waals surface area contributed by atoms with Crippen molar-refractivity contribution in [2.45, 2.75) is 32.4 Å². The second-order valence-electron chi connectivity index (χ2n) is 7.70. The number of hydrogen-bond acceptors (Lipinski definition) is 6. The molecule has 0 N–H and O–H groups in total. The van der Waals surface area contributed by atoms with Crippen LogP contribution in [-0.2, 0) is 21.4 Å². The monoisotopic (exact) mass is 459 g/mol. The second-order valence-corrected chi connectivity index (χ2v) is 10.6. The third kappa shape index (κ3) is 4.30. The molecular formula is C22H25N3O4S2. The first-order valence-corrected chi connectivity index (χ1v) is 12.7. The molecule has 1 aliphatic heterocycles. The van der Waals surface area contributed by atoms with Gasteiger partial charge in [0, 0.05) is 6.54 Å². The van der Waals surface area contributed by atoms with E-state index in [0.717, 1.165) is 22.1 Å². The lowest BCUT2D eigenvalue weighted by Crippen LogP contribution is -2.47. The molecule has 0 spiro atoms. The van der Waals surface area contributed by atoms with E-state index in [9.17, 15) is 13.2 Å². The zero-order valence-electron chi connectivity index (χ0n) is 17.7. The number of sulfonamides is 1. The molecule has 4 rings (SSSR count). The van der Waals surface area contributed by atoms with Crippen LogP contribution in [0.4, 0.5) is 5.13 Å². The Balaban J connectivity index is 1.79. The molecule has 1 saturated heterocycles. The van der Waals surface area contributed by atoms with Gasteiger partial charge in [0.1, 0.15) is 17.3 Å². The molecule has 7 nitrogen and oxygen atoms in total. The first kappa shape index (κ1) is 21.7. The van der Waals surface area contributed by atoms with Crippen LogP contribution in [0, 0.1) is 6.92 Å². The molecule has 0 saturated carbocycles. The Morgan fingerprint density at radius 1 is 1.26 bits per heavy atom. The number of hydrogen-bond donors (Lipinski definition) is 0. The first-order valence-electron chi connectivity index (χ1n) is 10.1. The van der Waals surface area contributed by atoms with E-state index in [0.29, 0.717) is 42.3 Å². The van der Waals surface area contributed by atoms with Crippen LogP contribution in [0.3, 0.4) is 0 Å². The zero-order chi connectivity index (χ0) is 22.2. The lowest BCUT2D eigenvalue weighted by Gasteiger charge is -2.27. The SMILES string of the molecule is COc1ccc(C)c2sc(N(Cc3ccccc3)C(=O)C3CCCN3S(C)(=O)=O)nc12. The van der Waals surface area contributed by atoms with E-state index >= 15 is 0 Å². The zero-order valence-corrected chi connectivity index (χ0v) is 19.4. The molecule has 31 heavy (non-hydrogen) atoms. The van der Waals surface area contributed by atoms with Gasteiger partial charge in [-0.2, -0.15) is 4.31 Å². The minimum Gasteiger partial charge on any atom is -0.494 e. The highest BCUT2D eigenvalue weighted by Crippen LogP contribution is 2.37. The number of amides is 1. The predicted octanol–water partition coefficient (Wildman–Crippen LogP) is 3.57. The van der Waals surface area contributed by atoms with Crippen molar-refractivity contribution < 1.29 is 17.9 Å². The highest BCUT2D eigenvalue weighted by atomic mass is 32.2. The normalized spacial score (nSPS) is 17.2. The maximum atomic E-state index is 13.7. The summed E-state index contributed by atoms with van der Waals surface area (Å²) in [4.78, 5) is 20.0. The summed E-state index contributed by atoms with van der Waals surface area (Å²) in [6.45, 7) is 2.67. The Labute approximate surface area is 186 Å². The van der Waals surface area contributed by atoms with Crippen LogP contribution < -0.4 is 9.64 Å². The van der Waals surface area contributed by atoms with Gasteiger partial charge >= 0.3 is 0 Å². The van der Waals surface area contributed by atoms with Crippen molar-refractivity contribution in [3.8, 4) is 5.75 Å². The minimum absolute atomic E-state index is 0.248. The summed E-state index contributed by atoms with van der Waals surface area (Å²) in [5, 5.41) is 0.539. The largest absolute Gasteiger partial charge is 0.494 e. The van der Waals surface area contributed by atoms with Crippen LogP contribution in [0.2, 0.25) is 0 Å². The van der Waals surface area contributed by atoms with Gasteiger partial charge in [0.25, 0.3) is 0 Å². The molecule has 164 valence electrons. The Morgan fingerprint density at radius 2 is 2.00 bits per heavy atom. The molecule has 0 aliphatic carbocycles. The van der Waals surface area contributed by atoms with Crippen molar-refractivity contribution in [1.29, 1.82) is 0 Å². The third-order valence-electron chi connectivity index (χ3n) is 5.51. The van der Waals surface area contributed by atoms with Gasteiger partial charge in [0.15, 0.2) is 5.13 Å². The first-order chi connectivity index (χ1) is 14.8. The number of carbonyl (C=O) groups excluding carboxylic acids is 1. The number of fused-ring (bicyclic) bond motifs is 1. The maximum Gasteiger partial charge on any atom is 0.247 e. The summed E-state index contributed by atoms with van der Waals surface area (Å²) in [7, 11) is -1.88. The number of aryl methyl sites for hydroxylation is 1. The number of nitrogens with zero attached hydrogens (tertiary/aromatic N) is 3. The van der Waals surface area contributed by atoms with Gasteiger partial charge < -0.3 is 4.74 Å². The molecule has 1 amide bonds. The number of rotatable bonds is 6. The van der Waals surface area contributed by atoms with Gasteiger partial charge in [-0.1, -0.05) is 47.7 Å².